The predicted octanol–water partition coefficient (Wildman–Crippen LogP) is 2.06. The topological polar surface area (TPSA) is 77.2 Å². The first-order valence-electron chi connectivity index (χ1n) is 5.90. The van der Waals surface area contributed by atoms with E-state index < -0.39 is 5.97 Å². The van der Waals surface area contributed by atoms with Crippen LogP contribution in [0.2, 0.25) is 0 Å². The number of aromatic nitrogens is 3. The molecule has 6 nitrogen and oxygen atoms in total. The van der Waals surface area contributed by atoms with E-state index in [0.717, 1.165) is 0 Å². The van der Waals surface area contributed by atoms with Gasteiger partial charge in [-0.1, -0.05) is 0 Å². The third-order valence-corrected chi connectivity index (χ3v) is 2.55. The minimum absolute atomic E-state index is 0.0812. The van der Waals surface area contributed by atoms with Gasteiger partial charge in [0, 0.05) is 0 Å². The summed E-state index contributed by atoms with van der Waals surface area (Å²) in [4.78, 5) is 15.2. The fourth-order valence-corrected chi connectivity index (χ4v) is 1.69. The van der Waals surface area contributed by atoms with Crippen LogP contribution in [0.15, 0.2) is 24.5 Å². The number of carboxylic acids is 1. The molecule has 0 atom stereocenters. The largest absolute Gasteiger partial charge is 0.489 e. The van der Waals surface area contributed by atoms with E-state index in [9.17, 15) is 4.79 Å². The van der Waals surface area contributed by atoms with Crippen molar-refractivity contribution in [2.75, 3.05) is 0 Å². The van der Waals surface area contributed by atoms with Crippen molar-refractivity contribution in [3.63, 3.8) is 0 Å². The van der Waals surface area contributed by atoms with Crippen molar-refractivity contribution >= 4 is 5.97 Å². The Morgan fingerprint density at radius 3 is 2.58 bits per heavy atom. The molecular formula is C13H15N3O3. The van der Waals surface area contributed by atoms with Crippen LogP contribution in [0.3, 0.4) is 0 Å². The summed E-state index contributed by atoms with van der Waals surface area (Å²) < 4.78 is 6.98. The zero-order valence-corrected chi connectivity index (χ0v) is 11.0. The Balaban J connectivity index is 2.30. The Bertz CT molecular complexity index is 588. The monoisotopic (exact) mass is 261 g/mol. The molecule has 0 radical (unpaired) electrons. The molecule has 0 bridgehead atoms. The summed E-state index contributed by atoms with van der Waals surface area (Å²) in [5, 5.41) is 13.0. The first-order valence-corrected chi connectivity index (χ1v) is 5.90. The lowest BCUT2D eigenvalue weighted by Gasteiger charge is -2.10. The van der Waals surface area contributed by atoms with Gasteiger partial charge in [-0.2, -0.15) is 5.10 Å². The summed E-state index contributed by atoms with van der Waals surface area (Å²) in [7, 11) is 0. The number of carbonyl (C=O) groups is 1. The molecule has 2 rings (SSSR count). The van der Waals surface area contributed by atoms with E-state index in [0.29, 0.717) is 17.3 Å². The highest BCUT2D eigenvalue weighted by Crippen LogP contribution is 2.16. The predicted molar refractivity (Wildman–Crippen MR) is 68.8 cm³/mol. The van der Waals surface area contributed by atoms with Crippen molar-refractivity contribution in [3.8, 4) is 11.6 Å². The molecule has 0 saturated carbocycles. The minimum Gasteiger partial charge on any atom is -0.489 e. The average molecular weight is 261 g/mol. The fourth-order valence-electron chi connectivity index (χ4n) is 1.69. The normalized spacial score (nSPS) is 10.7. The summed E-state index contributed by atoms with van der Waals surface area (Å²) in [5.41, 5.74) is 0.710. The van der Waals surface area contributed by atoms with Crippen molar-refractivity contribution in [2.24, 2.45) is 0 Å². The number of rotatable bonds is 4. The molecule has 0 aliphatic heterocycles. The van der Waals surface area contributed by atoms with Gasteiger partial charge in [0.25, 0.3) is 0 Å². The van der Waals surface area contributed by atoms with Gasteiger partial charge in [-0.05, 0) is 32.9 Å². The molecule has 2 heterocycles. The Labute approximate surface area is 110 Å². The Kier molecular flexibility index (Phi) is 3.50. The Morgan fingerprint density at radius 1 is 1.37 bits per heavy atom. The lowest BCUT2D eigenvalue weighted by Crippen LogP contribution is -2.07. The number of carboxylic acid groups (broad SMARTS) is 1. The molecular weight excluding hydrogens is 246 g/mol. The van der Waals surface area contributed by atoms with E-state index in [1.54, 1.807) is 25.3 Å². The van der Waals surface area contributed by atoms with E-state index in [1.165, 1.54) is 10.9 Å². The number of nitrogens with zero attached hydrogens (tertiary/aromatic N) is 3. The van der Waals surface area contributed by atoms with Gasteiger partial charge in [-0.25, -0.2) is 14.5 Å². The smallest absolute Gasteiger partial charge is 0.339 e. The van der Waals surface area contributed by atoms with Gasteiger partial charge < -0.3 is 9.84 Å². The van der Waals surface area contributed by atoms with Crippen LogP contribution in [-0.4, -0.2) is 31.9 Å². The number of hydrogen-bond acceptors (Lipinski definition) is 4. The van der Waals surface area contributed by atoms with E-state index in [-0.39, 0.29) is 11.7 Å². The van der Waals surface area contributed by atoms with Gasteiger partial charge >= 0.3 is 5.97 Å². The van der Waals surface area contributed by atoms with E-state index in [2.05, 4.69) is 10.1 Å². The van der Waals surface area contributed by atoms with Gasteiger partial charge in [0.05, 0.1) is 24.2 Å². The van der Waals surface area contributed by atoms with Crippen LogP contribution in [0, 0.1) is 6.92 Å². The number of aromatic carboxylic acids is 1. The molecule has 0 spiro atoms. The van der Waals surface area contributed by atoms with Crippen LogP contribution in [0.25, 0.3) is 5.82 Å². The summed E-state index contributed by atoms with van der Waals surface area (Å²) in [5.74, 6) is 0.228. The van der Waals surface area contributed by atoms with Crippen molar-refractivity contribution in [2.45, 2.75) is 26.9 Å². The Hall–Kier alpha value is -2.37. The van der Waals surface area contributed by atoms with E-state index >= 15 is 0 Å². The molecule has 19 heavy (non-hydrogen) atoms. The van der Waals surface area contributed by atoms with E-state index in [4.69, 9.17) is 9.84 Å². The molecule has 2 aromatic rings. The van der Waals surface area contributed by atoms with Gasteiger partial charge in [-0.15, -0.1) is 0 Å². The zero-order chi connectivity index (χ0) is 14.0. The molecule has 0 unspecified atom stereocenters. The molecule has 6 heteroatoms. The van der Waals surface area contributed by atoms with Crippen molar-refractivity contribution in [1.82, 2.24) is 14.8 Å². The van der Waals surface area contributed by atoms with Gasteiger partial charge in [0.1, 0.15) is 11.3 Å². The lowest BCUT2D eigenvalue weighted by molar-refractivity contribution is 0.0696. The second kappa shape index (κ2) is 5.09. The zero-order valence-electron chi connectivity index (χ0n) is 11.0. The average Bonchev–Trinajstić information content (AvgIpc) is 2.71. The van der Waals surface area contributed by atoms with Gasteiger partial charge in [0.15, 0.2) is 5.82 Å². The van der Waals surface area contributed by atoms with Crippen LogP contribution in [0.4, 0.5) is 0 Å². The maximum absolute atomic E-state index is 10.9. The van der Waals surface area contributed by atoms with Crippen LogP contribution >= 0.6 is 0 Å². The molecule has 0 fully saturated rings. The standard InChI is InChI=1S/C13H15N3O3/c1-8(2)19-10-4-5-12(14-6-10)16-9(3)11(7-15-16)13(17)18/h4-8H,1-3H3,(H,17,18). The third kappa shape index (κ3) is 2.73. The molecule has 0 amide bonds. The maximum Gasteiger partial charge on any atom is 0.339 e. The lowest BCUT2D eigenvalue weighted by atomic mass is 10.3. The molecule has 1 N–H and O–H groups in total. The fraction of sp³-hybridized carbons (Fsp3) is 0.308. The van der Waals surface area contributed by atoms with Crippen LogP contribution in [0.5, 0.6) is 5.75 Å². The summed E-state index contributed by atoms with van der Waals surface area (Å²) >= 11 is 0. The summed E-state index contributed by atoms with van der Waals surface area (Å²) in [6, 6.07) is 3.52. The van der Waals surface area contributed by atoms with Crippen LogP contribution in [0.1, 0.15) is 29.9 Å². The number of ether oxygens (including phenoxy) is 1. The number of hydrogen-bond donors (Lipinski definition) is 1. The maximum atomic E-state index is 10.9. The molecule has 0 aromatic carbocycles. The molecule has 0 saturated heterocycles. The first-order chi connectivity index (χ1) is 8.99. The van der Waals surface area contributed by atoms with Gasteiger partial charge in [-0.3, -0.25) is 0 Å². The van der Waals surface area contributed by atoms with Crippen LogP contribution < -0.4 is 4.74 Å². The van der Waals surface area contributed by atoms with Crippen molar-refractivity contribution in [1.29, 1.82) is 0 Å². The highest BCUT2D eigenvalue weighted by Gasteiger charge is 2.14. The van der Waals surface area contributed by atoms with Crippen molar-refractivity contribution in [3.05, 3.63) is 35.8 Å². The van der Waals surface area contributed by atoms with Crippen LogP contribution in [-0.2, 0) is 0 Å². The third-order valence-electron chi connectivity index (χ3n) is 2.55. The molecule has 100 valence electrons. The molecule has 0 aliphatic carbocycles. The first kappa shape index (κ1) is 13.1. The summed E-state index contributed by atoms with van der Waals surface area (Å²) in [6.45, 7) is 5.56. The second-order valence-electron chi connectivity index (χ2n) is 4.38. The second-order valence-corrected chi connectivity index (χ2v) is 4.38. The number of pyridine rings is 1. The molecule has 2 aromatic heterocycles. The highest BCUT2D eigenvalue weighted by atomic mass is 16.5. The minimum atomic E-state index is -0.997. The molecule has 0 aliphatic rings. The van der Waals surface area contributed by atoms with E-state index in [1.807, 2.05) is 13.8 Å². The summed E-state index contributed by atoms with van der Waals surface area (Å²) in [6.07, 6.45) is 2.99. The van der Waals surface area contributed by atoms with Crippen molar-refractivity contribution < 1.29 is 14.6 Å². The van der Waals surface area contributed by atoms with Gasteiger partial charge in [0.2, 0.25) is 0 Å². The Morgan fingerprint density at radius 2 is 2.11 bits per heavy atom. The highest BCUT2D eigenvalue weighted by molar-refractivity contribution is 5.88. The quantitative estimate of drug-likeness (QED) is 0.911. The SMILES string of the molecule is Cc1c(C(=O)O)cnn1-c1ccc(OC(C)C)cn1.